The summed E-state index contributed by atoms with van der Waals surface area (Å²) in [4.78, 5) is 18.7. The topological polar surface area (TPSA) is 42.4 Å². The monoisotopic (exact) mass is 260 g/mol. The third-order valence-electron chi connectivity index (χ3n) is 4.13. The largest absolute Gasteiger partial charge is 0.384 e. The van der Waals surface area contributed by atoms with Crippen LogP contribution < -0.4 is 0 Å². The summed E-state index contributed by atoms with van der Waals surface area (Å²) in [5, 5.41) is 0. The number of hydrogen-bond acceptors (Lipinski definition) is 3. The fourth-order valence-electron chi connectivity index (χ4n) is 2.95. The number of carbonyl (C=O) groups is 1. The number of amides is 1. The SMILES string of the molecule is COC[C@@H]1CN(C(=O)C2CC2)C[C@H]1c1ccccn1. The standard InChI is InChI=1S/C15H20N2O2/c1-19-10-12-8-17(15(18)11-5-6-11)9-13(12)14-4-2-3-7-16-14/h2-4,7,11-13H,5-6,8-10H2,1H3/t12-,13+/m0/s1. The molecule has 1 saturated heterocycles. The zero-order valence-electron chi connectivity index (χ0n) is 11.3. The molecule has 102 valence electrons. The van der Waals surface area contributed by atoms with Crippen molar-refractivity contribution in [2.24, 2.45) is 11.8 Å². The molecule has 0 aromatic carbocycles. The second-order valence-electron chi connectivity index (χ2n) is 5.59. The fraction of sp³-hybridized carbons (Fsp3) is 0.600. The van der Waals surface area contributed by atoms with Gasteiger partial charge in [-0.15, -0.1) is 0 Å². The summed E-state index contributed by atoms with van der Waals surface area (Å²) < 4.78 is 5.32. The first-order valence-corrected chi connectivity index (χ1v) is 6.98. The van der Waals surface area contributed by atoms with Gasteiger partial charge in [0.1, 0.15) is 0 Å². The Labute approximate surface area is 113 Å². The van der Waals surface area contributed by atoms with E-state index in [1.165, 1.54) is 0 Å². The predicted octanol–water partition coefficient (Wildman–Crippen LogP) is 1.68. The number of ether oxygens (including phenoxy) is 1. The first kappa shape index (κ1) is 12.6. The quantitative estimate of drug-likeness (QED) is 0.827. The van der Waals surface area contributed by atoms with E-state index in [4.69, 9.17) is 4.74 Å². The summed E-state index contributed by atoms with van der Waals surface area (Å²) in [6.07, 6.45) is 3.96. The van der Waals surface area contributed by atoms with Gasteiger partial charge in [-0.2, -0.15) is 0 Å². The van der Waals surface area contributed by atoms with Gasteiger partial charge in [0.2, 0.25) is 5.91 Å². The molecule has 1 aromatic heterocycles. The number of pyridine rings is 1. The molecule has 0 spiro atoms. The average molecular weight is 260 g/mol. The number of nitrogens with zero attached hydrogens (tertiary/aromatic N) is 2. The van der Waals surface area contributed by atoms with Crippen molar-refractivity contribution in [3.63, 3.8) is 0 Å². The molecule has 4 heteroatoms. The number of aromatic nitrogens is 1. The molecular weight excluding hydrogens is 240 g/mol. The molecule has 4 nitrogen and oxygen atoms in total. The Morgan fingerprint density at radius 3 is 2.89 bits per heavy atom. The molecule has 2 heterocycles. The van der Waals surface area contributed by atoms with E-state index in [9.17, 15) is 4.79 Å². The van der Waals surface area contributed by atoms with Gasteiger partial charge in [0.25, 0.3) is 0 Å². The maximum Gasteiger partial charge on any atom is 0.225 e. The molecule has 1 amide bonds. The smallest absolute Gasteiger partial charge is 0.225 e. The summed E-state index contributed by atoms with van der Waals surface area (Å²) in [6.45, 7) is 2.29. The summed E-state index contributed by atoms with van der Waals surface area (Å²) in [7, 11) is 1.72. The highest BCUT2D eigenvalue weighted by molar-refractivity contribution is 5.81. The first-order chi connectivity index (χ1) is 9.29. The molecule has 2 atom stereocenters. The van der Waals surface area contributed by atoms with Crippen LogP contribution in [0.25, 0.3) is 0 Å². The van der Waals surface area contributed by atoms with E-state index >= 15 is 0 Å². The minimum atomic E-state index is 0.297. The van der Waals surface area contributed by atoms with Crippen LogP contribution in [-0.2, 0) is 9.53 Å². The lowest BCUT2D eigenvalue weighted by Crippen LogP contribution is -2.30. The molecule has 0 unspecified atom stereocenters. The number of hydrogen-bond donors (Lipinski definition) is 0. The molecule has 0 bridgehead atoms. The second-order valence-corrected chi connectivity index (χ2v) is 5.59. The molecule has 1 aliphatic carbocycles. The van der Waals surface area contributed by atoms with Crippen LogP contribution in [-0.4, -0.2) is 42.6 Å². The highest BCUT2D eigenvalue weighted by atomic mass is 16.5. The summed E-state index contributed by atoms with van der Waals surface area (Å²) >= 11 is 0. The van der Waals surface area contributed by atoms with Crippen molar-refractivity contribution < 1.29 is 9.53 Å². The van der Waals surface area contributed by atoms with Gasteiger partial charge in [0.15, 0.2) is 0 Å². The van der Waals surface area contributed by atoms with Gasteiger partial charge >= 0.3 is 0 Å². The molecule has 1 aliphatic heterocycles. The molecule has 1 aromatic rings. The van der Waals surface area contributed by atoms with Gasteiger partial charge < -0.3 is 9.64 Å². The van der Waals surface area contributed by atoms with Crippen molar-refractivity contribution in [1.29, 1.82) is 0 Å². The maximum atomic E-state index is 12.2. The normalized spacial score (nSPS) is 26.7. The van der Waals surface area contributed by atoms with E-state index in [1.807, 2.05) is 23.2 Å². The van der Waals surface area contributed by atoms with E-state index in [1.54, 1.807) is 7.11 Å². The Balaban J connectivity index is 1.75. The number of likely N-dealkylation sites (tertiary alicyclic amines) is 1. The zero-order valence-corrected chi connectivity index (χ0v) is 11.3. The fourth-order valence-corrected chi connectivity index (χ4v) is 2.95. The van der Waals surface area contributed by atoms with Crippen molar-refractivity contribution in [1.82, 2.24) is 9.88 Å². The van der Waals surface area contributed by atoms with Crippen molar-refractivity contribution in [2.75, 3.05) is 26.8 Å². The van der Waals surface area contributed by atoms with Crippen LogP contribution in [0.4, 0.5) is 0 Å². The predicted molar refractivity (Wildman–Crippen MR) is 71.6 cm³/mol. The van der Waals surface area contributed by atoms with E-state index in [-0.39, 0.29) is 0 Å². The number of carbonyl (C=O) groups excluding carboxylic acids is 1. The zero-order chi connectivity index (χ0) is 13.2. The Hall–Kier alpha value is -1.42. The maximum absolute atomic E-state index is 12.2. The average Bonchev–Trinajstić information content (AvgIpc) is 3.21. The lowest BCUT2D eigenvalue weighted by molar-refractivity contribution is -0.131. The molecule has 2 aliphatic rings. The van der Waals surface area contributed by atoms with Crippen molar-refractivity contribution in [3.05, 3.63) is 30.1 Å². The summed E-state index contributed by atoms with van der Waals surface area (Å²) in [5.41, 5.74) is 1.08. The minimum absolute atomic E-state index is 0.297. The number of rotatable bonds is 4. The van der Waals surface area contributed by atoms with Crippen molar-refractivity contribution in [3.8, 4) is 0 Å². The van der Waals surface area contributed by atoms with Crippen molar-refractivity contribution in [2.45, 2.75) is 18.8 Å². The lowest BCUT2D eigenvalue weighted by atomic mass is 9.93. The van der Waals surface area contributed by atoms with Gasteiger partial charge in [0, 0.05) is 49.8 Å². The Morgan fingerprint density at radius 2 is 2.26 bits per heavy atom. The van der Waals surface area contributed by atoms with Crippen LogP contribution in [0.1, 0.15) is 24.5 Å². The van der Waals surface area contributed by atoms with Crippen LogP contribution in [0.3, 0.4) is 0 Å². The van der Waals surface area contributed by atoms with Gasteiger partial charge in [-0.1, -0.05) is 6.07 Å². The second kappa shape index (κ2) is 5.29. The Kier molecular flexibility index (Phi) is 3.51. The molecule has 19 heavy (non-hydrogen) atoms. The molecule has 3 rings (SSSR count). The molecular formula is C15H20N2O2. The van der Waals surface area contributed by atoms with E-state index in [0.717, 1.165) is 31.6 Å². The highest BCUT2D eigenvalue weighted by Gasteiger charge is 2.41. The number of methoxy groups -OCH3 is 1. The lowest BCUT2D eigenvalue weighted by Gasteiger charge is -2.16. The van der Waals surface area contributed by atoms with E-state index < -0.39 is 0 Å². The van der Waals surface area contributed by atoms with Crippen LogP contribution in [0, 0.1) is 11.8 Å². The van der Waals surface area contributed by atoms with Gasteiger partial charge in [0.05, 0.1) is 6.61 Å². The molecule has 2 fully saturated rings. The Morgan fingerprint density at radius 1 is 1.42 bits per heavy atom. The van der Waals surface area contributed by atoms with E-state index in [2.05, 4.69) is 11.1 Å². The summed E-state index contributed by atoms with van der Waals surface area (Å²) in [6, 6.07) is 5.99. The van der Waals surface area contributed by atoms with Crippen molar-refractivity contribution >= 4 is 5.91 Å². The third kappa shape index (κ3) is 2.63. The van der Waals surface area contributed by atoms with Crippen LogP contribution in [0.2, 0.25) is 0 Å². The molecule has 0 N–H and O–H groups in total. The van der Waals surface area contributed by atoms with E-state index in [0.29, 0.717) is 30.3 Å². The van der Waals surface area contributed by atoms with Gasteiger partial charge in [-0.05, 0) is 25.0 Å². The molecule has 0 radical (unpaired) electrons. The van der Waals surface area contributed by atoms with Crippen LogP contribution in [0.5, 0.6) is 0 Å². The van der Waals surface area contributed by atoms with Crippen LogP contribution in [0.15, 0.2) is 24.4 Å². The van der Waals surface area contributed by atoms with Gasteiger partial charge in [-0.3, -0.25) is 9.78 Å². The van der Waals surface area contributed by atoms with Crippen LogP contribution >= 0.6 is 0 Å². The first-order valence-electron chi connectivity index (χ1n) is 6.98. The Bertz CT molecular complexity index is 445. The molecule has 1 saturated carbocycles. The minimum Gasteiger partial charge on any atom is -0.384 e. The third-order valence-corrected chi connectivity index (χ3v) is 4.13. The van der Waals surface area contributed by atoms with Gasteiger partial charge in [-0.25, -0.2) is 0 Å². The summed E-state index contributed by atoms with van der Waals surface area (Å²) in [5.74, 6) is 1.30. The highest BCUT2D eigenvalue weighted by Crippen LogP contribution is 2.37.